The summed E-state index contributed by atoms with van der Waals surface area (Å²) in [5.41, 5.74) is 3.85. The zero-order chi connectivity index (χ0) is 33.5. The Labute approximate surface area is 302 Å². The smallest absolute Gasteiger partial charge is 1.00 e. The number of aliphatic hydroxyl groups is 2. The van der Waals surface area contributed by atoms with Gasteiger partial charge in [-0.3, -0.25) is 9.59 Å². The summed E-state index contributed by atoms with van der Waals surface area (Å²) < 4.78 is 16.2. The molecule has 0 aliphatic heterocycles. The van der Waals surface area contributed by atoms with E-state index in [0.29, 0.717) is 34.0 Å². The van der Waals surface area contributed by atoms with E-state index in [9.17, 15) is 19.4 Å². The van der Waals surface area contributed by atoms with E-state index in [1.165, 1.54) is 17.0 Å². The van der Waals surface area contributed by atoms with Crippen LogP contribution in [0, 0.1) is 5.82 Å². The van der Waals surface area contributed by atoms with Crippen molar-refractivity contribution in [3.05, 3.63) is 121 Å². The molecule has 0 saturated heterocycles. The molecule has 0 saturated carbocycles. The molecule has 0 bridgehead atoms. The minimum absolute atomic E-state index is 0. The summed E-state index contributed by atoms with van der Waals surface area (Å²) in [5, 5.41) is 30.2. The van der Waals surface area contributed by atoms with Gasteiger partial charge in [0, 0.05) is 35.3 Å². The van der Waals surface area contributed by atoms with Gasteiger partial charge >= 0.3 is 35.5 Å². The van der Waals surface area contributed by atoms with Crippen LogP contribution in [0.1, 0.15) is 56.8 Å². The molecule has 1 amide bonds. The number of carboxylic acid groups (broad SMARTS) is 1. The van der Waals surface area contributed by atoms with E-state index >= 15 is 4.79 Å². The number of aliphatic carboxylic acids is 1. The van der Waals surface area contributed by atoms with Crippen LogP contribution in [-0.4, -0.2) is 53.9 Å². The third-order valence-corrected chi connectivity index (χ3v) is 7.85. The first-order valence-corrected chi connectivity index (χ1v) is 15.5. The van der Waals surface area contributed by atoms with Crippen molar-refractivity contribution in [2.75, 3.05) is 4.90 Å². The van der Waals surface area contributed by atoms with E-state index in [0.717, 1.165) is 11.3 Å². The number of pyridine rings is 2. The number of amides is 1. The van der Waals surface area contributed by atoms with Gasteiger partial charge in [-0.1, -0.05) is 54.6 Å². The SMILES string of the molecule is CC(C)n1c(CC[C@@H](O)C[C@@H](O)CC(=O)O)c(-c2ccc(F)cc2)c(-c2ccccc2)c1C(=O)N(c1ccccn1)c1ccccn1.[H-].[Na+]. The number of rotatable bonds is 13. The number of aromatic nitrogens is 3. The van der Waals surface area contributed by atoms with Crippen LogP contribution in [0.3, 0.4) is 0 Å². The maximum Gasteiger partial charge on any atom is 1.00 e. The van der Waals surface area contributed by atoms with Gasteiger partial charge in [-0.15, -0.1) is 0 Å². The van der Waals surface area contributed by atoms with E-state index in [1.54, 1.807) is 60.9 Å². The fourth-order valence-electron chi connectivity index (χ4n) is 5.90. The quantitative estimate of drug-likeness (QED) is 0.163. The van der Waals surface area contributed by atoms with Crippen molar-refractivity contribution in [2.45, 2.75) is 57.8 Å². The molecule has 2 aromatic carbocycles. The molecule has 0 spiro atoms. The van der Waals surface area contributed by atoms with Crippen LogP contribution in [0.25, 0.3) is 22.3 Å². The van der Waals surface area contributed by atoms with Crippen LogP contribution in [0.15, 0.2) is 103 Å². The van der Waals surface area contributed by atoms with Crippen LogP contribution < -0.4 is 34.5 Å². The van der Waals surface area contributed by atoms with Crippen molar-refractivity contribution in [1.29, 1.82) is 0 Å². The monoisotopic (exact) mass is 660 g/mol. The zero-order valence-corrected chi connectivity index (χ0v) is 29.2. The summed E-state index contributed by atoms with van der Waals surface area (Å²) in [6.07, 6.45) is 0.831. The van der Waals surface area contributed by atoms with Gasteiger partial charge < -0.3 is 21.3 Å². The first-order valence-electron chi connectivity index (χ1n) is 15.5. The number of anilines is 2. The number of hydrogen-bond acceptors (Lipinski definition) is 6. The fraction of sp³-hybridized carbons (Fsp3) is 0.243. The number of carbonyl (C=O) groups excluding carboxylic acids is 1. The van der Waals surface area contributed by atoms with Crippen molar-refractivity contribution in [2.24, 2.45) is 0 Å². The molecule has 5 rings (SSSR count). The average molecular weight is 661 g/mol. The molecular weight excluding hydrogens is 622 g/mol. The molecule has 5 aromatic rings. The Morgan fingerprint density at radius 2 is 1.38 bits per heavy atom. The molecule has 9 nitrogen and oxygen atoms in total. The molecule has 11 heteroatoms. The van der Waals surface area contributed by atoms with Crippen molar-refractivity contribution in [3.63, 3.8) is 0 Å². The normalized spacial score (nSPS) is 12.3. The molecule has 0 unspecified atom stereocenters. The second-order valence-electron chi connectivity index (χ2n) is 11.6. The van der Waals surface area contributed by atoms with Gasteiger partial charge in [-0.05, 0) is 80.6 Å². The number of aliphatic hydroxyl groups excluding tert-OH is 2. The van der Waals surface area contributed by atoms with Crippen molar-refractivity contribution >= 4 is 23.5 Å². The number of carbonyl (C=O) groups is 2. The minimum atomic E-state index is -1.21. The second-order valence-corrected chi connectivity index (χ2v) is 11.6. The molecular formula is C37H38FN4NaO5. The molecule has 0 aliphatic carbocycles. The van der Waals surface area contributed by atoms with Crippen LogP contribution in [0.4, 0.5) is 16.0 Å². The predicted molar refractivity (Wildman–Crippen MR) is 179 cm³/mol. The van der Waals surface area contributed by atoms with Gasteiger partial charge in [0.1, 0.15) is 23.1 Å². The molecule has 244 valence electrons. The van der Waals surface area contributed by atoms with Gasteiger partial charge in [0.2, 0.25) is 0 Å². The molecule has 0 radical (unpaired) electrons. The number of benzene rings is 2. The van der Waals surface area contributed by atoms with Crippen molar-refractivity contribution in [1.82, 2.24) is 14.5 Å². The Kier molecular flexibility index (Phi) is 12.8. The molecule has 3 aromatic heterocycles. The average Bonchev–Trinajstić information content (AvgIpc) is 3.41. The standard InChI is InChI=1S/C37H37FN4O5.Na.H/c1-24(2)41-30(19-18-28(43)22-29(44)23-33(45)46)34(26-14-16-27(38)17-15-26)35(25-10-4-3-5-11-25)36(41)37(47)42(31-12-6-8-20-39-31)32-13-7-9-21-40-32;;/h3-17,20-21,24,28-29,43-44H,18-19,22-23H2,1-2H3,(H,45,46);;/q;+1;-1/t28-,29-;;/m1../s1. The Bertz CT molecular complexity index is 1770. The van der Waals surface area contributed by atoms with E-state index < -0.39 is 30.4 Å². The van der Waals surface area contributed by atoms with Gasteiger partial charge in [0.25, 0.3) is 5.91 Å². The van der Waals surface area contributed by atoms with Crippen LogP contribution in [0.2, 0.25) is 0 Å². The third-order valence-electron chi connectivity index (χ3n) is 7.85. The molecule has 2 atom stereocenters. The summed E-state index contributed by atoms with van der Waals surface area (Å²) in [6, 6.07) is 25.9. The Morgan fingerprint density at radius 3 is 1.90 bits per heavy atom. The third kappa shape index (κ3) is 8.44. The Hall–Kier alpha value is -4.19. The summed E-state index contributed by atoms with van der Waals surface area (Å²) in [4.78, 5) is 36.7. The summed E-state index contributed by atoms with van der Waals surface area (Å²) in [7, 11) is 0. The largest absolute Gasteiger partial charge is 1.00 e. The zero-order valence-electron chi connectivity index (χ0n) is 28.2. The summed E-state index contributed by atoms with van der Waals surface area (Å²) >= 11 is 0. The Balaban J connectivity index is 0.00000325. The molecule has 3 heterocycles. The Morgan fingerprint density at radius 1 is 0.812 bits per heavy atom. The van der Waals surface area contributed by atoms with E-state index in [2.05, 4.69) is 9.97 Å². The minimum Gasteiger partial charge on any atom is -1.00 e. The van der Waals surface area contributed by atoms with E-state index in [1.807, 2.05) is 48.7 Å². The number of carboxylic acids is 1. The van der Waals surface area contributed by atoms with E-state index in [4.69, 9.17) is 5.11 Å². The molecule has 0 aliphatic rings. The number of hydrogen-bond donors (Lipinski definition) is 3. The summed E-state index contributed by atoms with van der Waals surface area (Å²) in [6.45, 7) is 3.92. The van der Waals surface area contributed by atoms with Crippen LogP contribution in [-0.2, 0) is 11.2 Å². The maximum absolute atomic E-state index is 15.1. The fourth-order valence-corrected chi connectivity index (χ4v) is 5.90. The van der Waals surface area contributed by atoms with Gasteiger partial charge in [-0.25, -0.2) is 19.3 Å². The second kappa shape index (κ2) is 16.8. The van der Waals surface area contributed by atoms with Gasteiger partial charge in [-0.2, -0.15) is 0 Å². The topological polar surface area (TPSA) is 129 Å². The molecule has 3 N–H and O–H groups in total. The molecule has 48 heavy (non-hydrogen) atoms. The van der Waals surface area contributed by atoms with Gasteiger partial charge in [0.05, 0.1) is 18.6 Å². The maximum atomic E-state index is 15.1. The van der Waals surface area contributed by atoms with E-state index in [-0.39, 0.29) is 62.2 Å². The number of halogens is 1. The van der Waals surface area contributed by atoms with Crippen LogP contribution >= 0.6 is 0 Å². The van der Waals surface area contributed by atoms with Crippen LogP contribution in [0.5, 0.6) is 0 Å². The summed E-state index contributed by atoms with van der Waals surface area (Å²) in [5.74, 6) is -1.20. The first kappa shape index (κ1) is 36.6. The number of nitrogens with zero attached hydrogens (tertiary/aromatic N) is 4. The van der Waals surface area contributed by atoms with Crippen molar-refractivity contribution in [3.8, 4) is 22.3 Å². The molecule has 0 fully saturated rings. The first-order chi connectivity index (χ1) is 22.7. The van der Waals surface area contributed by atoms with Gasteiger partial charge in [0.15, 0.2) is 0 Å². The van der Waals surface area contributed by atoms with Crippen molar-refractivity contribution < 1.29 is 60.3 Å². The predicted octanol–water partition coefficient (Wildman–Crippen LogP) is 3.95.